The normalized spacial score (nSPS) is 11.5. The molecule has 0 radical (unpaired) electrons. The molecule has 1 aromatic carbocycles. The molecule has 0 saturated heterocycles. The zero-order chi connectivity index (χ0) is 11.4. The summed E-state index contributed by atoms with van der Waals surface area (Å²) in [6, 6.07) is 2.41. The number of amides is 1. The second-order valence-electron chi connectivity index (χ2n) is 3.24. The molecule has 0 aliphatic rings. The van der Waals surface area contributed by atoms with Crippen LogP contribution in [0.3, 0.4) is 0 Å². The van der Waals surface area contributed by atoms with E-state index in [2.05, 4.69) is 5.32 Å². The Morgan fingerprint density at radius 1 is 1.50 bits per heavy atom. The summed E-state index contributed by atoms with van der Waals surface area (Å²) in [5, 5.41) is 2.40. The summed E-state index contributed by atoms with van der Waals surface area (Å²) in [5.74, 6) is -1.50. The summed E-state index contributed by atoms with van der Waals surface area (Å²) in [7, 11) is 0. The molecule has 0 bridgehead atoms. The molecule has 0 aromatic heterocycles. The van der Waals surface area contributed by atoms with Crippen LogP contribution in [-0.2, 0) is 11.3 Å². The molecule has 16 heavy (non-hydrogen) atoms. The molecule has 1 atom stereocenters. The molecule has 0 aliphatic carbocycles. The van der Waals surface area contributed by atoms with Crippen LogP contribution >= 0.6 is 12.4 Å². The number of carbonyl (C=O) groups is 1. The molecule has 0 saturated carbocycles. The van der Waals surface area contributed by atoms with Crippen molar-refractivity contribution in [3.05, 3.63) is 35.4 Å². The Labute approximate surface area is 98.4 Å². The number of carbonyl (C=O) groups excluding carboxylic acids is 1. The van der Waals surface area contributed by atoms with Gasteiger partial charge in [0.1, 0.15) is 11.6 Å². The van der Waals surface area contributed by atoms with E-state index >= 15 is 0 Å². The van der Waals surface area contributed by atoms with Crippen LogP contribution in [-0.4, -0.2) is 11.9 Å². The number of benzene rings is 1. The third kappa shape index (κ3) is 4.12. The van der Waals surface area contributed by atoms with Gasteiger partial charge in [-0.05, 0) is 25.1 Å². The van der Waals surface area contributed by atoms with Crippen LogP contribution < -0.4 is 11.1 Å². The van der Waals surface area contributed by atoms with Gasteiger partial charge in [-0.15, -0.1) is 12.4 Å². The predicted molar refractivity (Wildman–Crippen MR) is 59.1 cm³/mol. The van der Waals surface area contributed by atoms with Crippen LogP contribution in [0.2, 0.25) is 0 Å². The molecule has 0 heterocycles. The number of nitrogens with one attached hydrogen (secondary N) is 1. The van der Waals surface area contributed by atoms with Crippen LogP contribution in [0.15, 0.2) is 18.2 Å². The fourth-order valence-electron chi connectivity index (χ4n) is 1.02. The Bertz CT molecular complexity index is 372. The van der Waals surface area contributed by atoms with Crippen molar-refractivity contribution in [2.75, 3.05) is 0 Å². The smallest absolute Gasteiger partial charge is 0.236 e. The van der Waals surface area contributed by atoms with Crippen molar-refractivity contribution < 1.29 is 13.6 Å². The maximum Gasteiger partial charge on any atom is 0.236 e. The van der Waals surface area contributed by atoms with Crippen molar-refractivity contribution in [3.63, 3.8) is 0 Å². The summed E-state index contributed by atoms with van der Waals surface area (Å²) in [5.41, 5.74) is 5.39. The lowest BCUT2D eigenvalue weighted by Crippen LogP contribution is -2.37. The number of rotatable bonds is 3. The number of halogens is 3. The third-order valence-corrected chi connectivity index (χ3v) is 1.87. The van der Waals surface area contributed by atoms with E-state index in [0.717, 1.165) is 18.2 Å². The average Bonchev–Trinajstić information content (AvgIpc) is 2.18. The van der Waals surface area contributed by atoms with E-state index in [4.69, 9.17) is 5.73 Å². The summed E-state index contributed by atoms with van der Waals surface area (Å²) in [4.78, 5) is 11.1. The van der Waals surface area contributed by atoms with E-state index in [9.17, 15) is 13.6 Å². The predicted octanol–water partition coefficient (Wildman–Crippen LogP) is 1.35. The average molecular weight is 251 g/mol. The van der Waals surface area contributed by atoms with E-state index in [1.165, 1.54) is 6.92 Å². The Morgan fingerprint density at radius 2 is 2.12 bits per heavy atom. The molecule has 1 amide bonds. The molecule has 0 fully saturated rings. The van der Waals surface area contributed by atoms with Gasteiger partial charge in [0, 0.05) is 12.1 Å². The first kappa shape index (κ1) is 14.8. The zero-order valence-corrected chi connectivity index (χ0v) is 9.48. The van der Waals surface area contributed by atoms with Gasteiger partial charge in [-0.25, -0.2) is 8.78 Å². The van der Waals surface area contributed by atoms with Crippen molar-refractivity contribution >= 4 is 18.3 Å². The second-order valence-corrected chi connectivity index (χ2v) is 3.24. The fraction of sp³-hybridized carbons (Fsp3) is 0.300. The molecule has 1 aromatic rings. The molecule has 0 aliphatic heterocycles. The zero-order valence-electron chi connectivity index (χ0n) is 8.67. The highest BCUT2D eigenvalue weighted by Crippen LogP contribution is 2.08. The second kappa shape index (κ2) is 6.40. The lowest BCUT2D eigenvalue weighted by atomic mass is 10.2. The molecular formula is C10H13ClF2N2O. The topological polar surface area (TPSA) is 55.1 Å². The lowest BCUT2D eigenvalue weighted by Gasteiger charge is -2.08. The monoisotopic (exact) mass is 250 g/mol. The Hall–Kier alpha value is -1.20. The highest BCUT2D eigenvalue weighted by Gasteiger charge is 2.08. The number of hydrogen-bond donors (Lipinski definition) is 2. The largest absolute Gasteiger partial charge is 0.351 e. The number of nitrogens with two attached hydrogens (primary N) is 1. The van der Waals surface area contributed by atoms with Crippen molar-refractivity contribution in [1.29, 1.82) is 0 Å². The first-order valence-electron chi connectivity index (χ1n) is 4.48. The van der Waals surface area contributed by atoms with Crippen LogP contribution in [0.25, 0.3) is 0 Å². The Balaban J connectivity index is 0.00000225. The van der Waals surface area contributed by atoms with Crippen molar-refractivity contribution in [1.82, 2.24) is 5.32 Å². The third-order valence-electron chi connectivity index (χ3n) is 1.87. The maximum atomic E-state index is 13.1. The minimum Gasteiger partial charge on any atom is -0.351 e. The quantitative estimate of drug-likeness (QED) is 0.851. The Morgan fingerprint density at radius 3 is 2.69 bits per heavy atom. The van der Waals surface area contributed by atoms with Crippen LogP contribution in [0.1, 0.15) is 12.5 Å². The standard InChI is InChI=1S/C10H12F2N2O.ClH/c1-6(13)10(15)14-5-7-4-8(11)2-3-9(7)12;/h2-4,6H,5,13H2,1H3,(H,14,15);1H/t6-;/m0./s1. The highest BCUT2D eigenvalue weighted by molar-refractivity contribution is 5.85. The van der Waals surface area contributed by atoms with Gasteiger partial charge in [0.05, 0.1) is 6.04 Å². The Kier molecular flexibility index (Phi) is 5.92. The summed E-state index contributed by atoms with van der Waals surface area (Å²) in [6.07, 6.45) is 0. The van der Waals surface area contributed by atoms with Crippen LogP contribution in [0.5, 0.6) is 0 Å². The van der Waals surface area contributed by atoms with E-state index in [0.29, 0.717) is 0 Å². The maximum absolute atomic E-state index is 13.1. The van der Waals surface area contributed by atoms with Crippen molar-refractivity contribution in [2.24, 2.45) is 5.73 Å². The van der Waals surface area contributed by atoms with E-state index in [1.54, 1.807) is 0 Å². The molecule has 90 valence electrons. The van der Waals surface area contributed by atoms with Gasteiger partial charge >= 0.3 is 0 Å². The van der Waals surface area contributed by atoms with E-state index in [-0.39, 0.29) is 24.5 Å². The van der Waals surface area contributed by atoms with Gasteiger partial charge < -0.3 is 11.1 Å². The van der Waals surface area contributed by atoms with Crippen molar-refractivity contribution in [2.45, 2.75) is 19.5 Å². The fourth-order valence-corrected chi connectivity index (χ4v) is 1.02. The minimum atomic E-state index is -0.665. The molecule has 0 unspecified atom stereocenters. The van der Waals surface area contributed by atoms with Gasteiger partial charge in [-0.1, -0.05) is 0 Å². The highest BCUT2D eigenvalue weighted by atomic mass is 35.5. The van der Waals surface area contributed by atoms with Crippen molar-refractivity contribution in [3.8, 4) is 0 Å². The minimum absolute atomic E-state index is 0. The molecule has 0 spiro atoms. The molecule has 6 heteroatoms. The van der Waals surface area contributed by atoms with Gasteiger partial charge in [0.25, 0.3) is 0 Å². The van der Waals surface area contributed by atoms with E-state index < -0.39 is 23.6 Å². The van der Waals surface area contributed by atoms with Crippen LogP contribution in [0.4, 0.5) is 8.78 Å². The van der Waals surface area contributed by atoms with Gasteiger partial charge in [0.2, 0.25) is 5.91 Å². The summed E-state index contributed by atoms with van der Waals surface area (Å²) < 4.78 is 25.8. The van der Waals surface area contributed by atoms with Gasteiger partial charge in [-0.3, -0.25) is 4.79 Å². The summed E-state index contributed by atoms with van der Waals surface area (Å²) >= 11 is 0. The van der Waals surface area contributed by atoms with Gasteiger partial charge in [0.15, 0.2) is 0 Å². The lowest BCUT2D eigenvalue weighted by molar-refractivity contribution is -0.122. The number of hydrogen-bond acceptors (Lipinski definition) is 2. The molecule has 3 N–H and O–H groups in total. The molecule has 3 nitrogen and oxygen atoms in total. The first-order chi connectivity index (χ1) is 7.00. The first-order valence-corrected chi connectivity index (χ1v) is 4.48. The summed E-state index contributed by atoms with van der Waals surface area (Å²) in [6.45, 7) is 1.45. The SMILES string of the molecule is C[C@H](N)C(=O)NCc1cc(F)ccc1F.Cl. The molecular weight excluding hydrogens is 238 g/mol. The van der Waals surface area contributed by atoms with Crippen LogP contribution in [0, 0.1) is 11.6 Å². The molecule has 1 rings (SSSR count). The van der Waals surface area contributed by atoms with Gasteiger partial charge in [-0.2, -0.15) is 0 Å². The van der Waals surface area contributed by atoms with E-state index in [1.807, 2.05) is 0 Å².